The quantitative estimate of drug-likeness (QED) is 0.603. The summed E-state index contributed by atoms with van der Waals surface area (Å²) in [4.78, 5) is 5.12. The Morgan fingerprint density at radius 2 is 2.36 bits per heavy atom. The first-order valence-corrected chi connectivity index (χ1v) is 5.07. The highest BCUT2D eigenvalue weighted by atomic mass is 32.2. The molecule has 0 aromatic carbocycles. The van der Waals surface area contributed by atoms with Crippen LogP contribution in [0.15, 0.2) is 5.16 Å². The maximum atomic E-state index is 5.12. The molecular weight excluding hydrogens is 158 g/mol. The summed E-state index contributed by atoms with van der Waals surface area (Å²) in [6.07, 6.45) is 4.21. The Morgan fingerprint density at radius 3 is 2.91 bits per heavy atom. The van der Waals surface area contributed by atoms with Crippen molar-refractivity contribution < 1.29 is 4.84 Å². The fraction of sp³-hybridized carbons (Fsp3) is 0.875. The molecule has 1 aliphatic heterocycles. The fourth-order valence-electron chi connectivity index (χ4n) is 1.52. The molecule has 0 radical (unpaired) electrons. The first-order valence-electron chi connectivity index (χ1n) is 4.19. The Labute approximate surface area is 71.4 Å². The van der Waals surface area contributed by atoms with E-state index in [1.807, 2.05) is 18.7 Å². The Hall–Kier alpha value is -0.180. The van der Waals surface area contributed by atoms with Crippen LogP contribution in [-0.2, 0) is 4.84 Å². The van der Waals surface area contributed by atoms with E-state index in [0.29, 0.717) is 5.25 Å². The van der Waals surface area contributed by atoms with Gasteiger partial charge in [0.25, 0.3) is 0 Å². The van der Waals surface area contributed by atoms with Gasteiger partial charge in [-0.15, -0.1) is 11.8 Å². The third-order valence-electron chi connectivity index (χ3n) is 2.43. The molecule has 1 saturated carbocycles. The van der Waals surface area contributed by atoms with Gasteiger partial charge >= 0.3 is 0 Å². The lowest BCUT2D eigenvalue weighted by Crippen LogP contribution is -2.30. The largest absolute Gasteiger partial charge is 0.394 e. The third kappa shape index (κ3) is 1.53. The van der Waals surface area contributed by atoms with Crippen LogP contribution in [0.5, 0.6) is 0 Å². The van der Waals surface area contributed by atoms with E-state index in [-0.39, 0.29) is 0 Å². The van der Waals surface area contributed by atoms with E-state index >= 15 is 0 Å². The molecule has 0 spiro atoms. The topological polar surface area (TPSA) is 21.6 Å². The number of oxime groups is 1. The maximum absolute atomic E-state index is 5.12. The molecule has 0 saturated heterocycles. The van der Waals surface area contributed by atoms with E-state index in [1.165, 1.54) is 19.3 Å². The minimum absolute atomic E-state index is 0.696. The van der Waals surface area contributed by atoms with Gasteiger partial charge in [0.05, 0.1) is 5.25 Å². The molecule has 62 valence electrons. The molecule has 1 unspecified atom stereocenters. The highest BCUT2D eigenvalue weighted by Crippen LogP contribution is 2.37. The second kappa shape index (κ2) is 3.05. The predicted octanol–water partition coefficient (Wildman–Crippen LogP) is 2.25. The van der Waals surface area contributed by atoms with Crippen LogP contribution in [0.1, 0.15) is 26.2 Å². The third-order valence-corrected chi connectivity index (χ3v) is 3.67. The molecule has 0 N–H and O–H groups in total. The number of rotatable bonds is 1. The first kappa shape index (κ1) is 7.47. The molecule has 1 fully saturated rings. The lowest BCUT2D eigenvalue weighted by atomic mass is 9.83. The van der Waals surface area contributed by atoms with Gasteiger partial charge < -0.3 is 4.84 Å². The zero-order valence-electron chi connectivity index (χ0n) is 6.75. The molecular formula is C8H13NOS. The molecule has 0 amide bonds. The Balaban J connectivity index is 1.90. The zero-order valence-corrected chi connectivity index (χ0v) is 7.56. The summed E-state index contributed by atoms with van der Waals surface area (Å²) in [5.74, 6) is 0.908. The lowest BCUT2D eigenvalue weighted by Gasteiger charge is -2.33. The van der Waals surface area contributed by atoms with Crippen molar-refractivity contribution in [2.75, 3.05) is 6.61 Å². The number of hydrogen-bond acceptors (Lipinski definition) is 3. The second-order valence-electron chi connectivity index (χ2n) is 3.25. The molecule has 1 aliphatic carbocycles. The standard InChI is InChI=1S/C8H13NOS/c1-6-9-10-5-8(11-6)7-3-2-4-7/h7-8H,2-5H2,1H3. The summed E-state index contributed by atoms with van der Waals surface area (Å²) in [5.41, 5.74) is 0. The summed E-state index contributed by atoms with van der Waals surface area (Å²) in [5, 5.41) is 5.69. The molecule has 2 rings (SSSR count). The van der Waals surface area contributed by atoms with Gasteiger partial charge in [0.1, 0.15) is 11.7 Å². The molecule has 0 aromatic rings. The van der Waals surface area contributed by atoms with Crippen molar-refractivity contribution in [1.82, 2.24) is 0 Å². The van der Waals surface area contributed by atoms with E-state index < -0.39 is 0 Å². The molecule has 11 heavy (non-hydrogen) atoms. The van der Waals surface area contributed by atoms with Gasteiger partial charge in [-0.25, -0.2) is 0 Å². The van der Waals surface area contributed by atoms with Crippen molar-refractivity contribution in [3.8, 4) is 0 Å². The average Bonchev–Trinajstić information content (AvgIpc) is 1.83. The van der Waals surface area contributed by atoms with Gasteiger partial charge in [0, 0.05) is 0 Å². The normalized spacial score (nSPS) is 32.1. The number of hydrogen-bond donors (Lipinski definition) is 0. The van der Waals surface area contributed by atoms with Crippen molar-refractivity contribution in [2.24, 2.45) is 11.1 Å². The highest BCUT2D eigenvalue weighted by Gasteiger charge is 2.30. The SMILES string of the molecule is CC1=NOCC(C2CCC2)S1. The summed E-state index contributed by atoms with van der Waals surface area (Å²) < 4.78 is 0. The van der Waals surface area contributed by atoms with Gasteiger partial charge in [0.2, 0.25) is 0 Å². The first-order chi connectivity index (χ1) is 5.36. The summed E-state index contributed by atoms with van der Waals surface area (Å²) in [6, 6.07) is 0. The molecule has 2 nitrogen and oxygen atoms in total. The van der Waals surface area contributed by atoms with Gasteiger partial charge in [0.15, 0.2) is 0 Å². The van der Waals surface area contributed by atoms with Crippen molar-refractivity contribution in [1.29, 1.82) is 0 Å². The minimum Gasteiger partial charge on any atom is -0.394 e. The molecule has 0 aromatic heterocycles. The molecule has 3 heteroatoms. The molecule has 0 bridgehead atoms. The predicted molar refractivity (Wildman–Crippen MR) is 47.8 cm³/mol. The van der Waals surface area contributed by atoms with Crippen LogP contribution in [0.3, 0.4) is 0 Å². The van der Waals surface area contributed by atoms with Crippen LogP contribution < -0.4 is 0 Å². The Kier molecular flexibility index (Phi) is 2.07. The fourth-order valence-corrected chi connectivity index (χ4v) is 2.65. The average molecular weight is 171 g/mol. The van der Waals surface area contributed by atoms with Crippen molar-refractivity contribution in [3.63, 3.8) is 0 Å². The molecule has 1 heterocycles. The van der Waals surface area contributed by atoms with Gasteiger partial charge in [-0.3, -0.25) is 0 Å². The van der Waals surface area contributed by atoms with Crippen LogP contribution in [0, 0.1) is 5.92 Å². The van der Waals surface area contributed by atoms with Crippen molar-refractivity contribution >= 4 is 16.8 Å². The molecule has 1 atom stereocenters. The zero-order chi connectivity index (χ0) is 7.68. The second-order valence-corrected chi connectivity index (χ2v) is 4.69. The minimum atomic E-state index is 0.696. The van der Waals surface area contributed by atoms with E-state index in [9.17, 15) is 0 Å². The van der Waals surface area contributed by atoms with E-state index in [2.05, 4.69) is 5.16 Å². The van der Waals surface area contributed by atoms with Crippen LogP contribution in [0.2, 0.25) is 0 Å². The lowest BCUT2D eigenvalue weighted by molar-refractivity contribution is 0.117. The van der Waals surface area contributed by atoms with E-state index in [1.54, 1.807) is 0 Å². The number of nitrogens with zero attached hydrogens (tertiary/aromatic N) is 1. The number of thioether (sulfide) groups is 1. The smallest absolute Gasteiger partial charge is 0.129 e. The van der Waals surface area contributed by atoms with Crippen molar-refractivity contribution in [3.05, 3.63) is 0 Å². The van der Waals surface area contributed by atoms with Gasteiger partial charge in [-0.05, 0) is 25.7 Å². The summed E-state index contributed by atoms with van der Waals surface area (Å²) in [6.45, 7) is 2.85. The van der Waals surface area contributed by atoms with Gasteiger partial charge in [-0.1, -0.05) is 11.6 Å². The van der Waals surface area contributed by atoms with Crippen LogP contribution in [0.25, 0.3) is 0 Å². The Bertz CT molecular complexity index is 177. The van der Waals surface area contributed by atoms with Crippen molar-refractivity contribution in [2.45, 2.75) is 31.4 Å². The molecule has 2 aliphatic rings. The van der Waals surface area contributed by atoms with E-state index in [4.69, 9.17) is 4.84 Å². The summed E-state index contributed by atoms with van der Waals surface area (Å²) >= 11 is 1.90. The summed E-state index contributed by atoms with van der Waals surface area (Å²) in [7, 11) is 0. The van der Waals surface area contributed by atoms with Crippen LogP contribution in [0.4, 0.5) is 0 Å². The highest BCUT2D eigenvalue weighted by molar-refractivity contribution is 8.14. The van der Waals surface area contributed by atoms with Crippen LogP contribution in [-0.4, -0.2) is 16.9 Å². The van der Waals surface area contributed by atoms with E-state index in [0.717, 1.165) is 17.6 Å². The van der Waals surface area contributed by atoms with Gasteiger partial charge in [-0.2, -0.15) is 0 Å². The maximum Gasteiger partial charge on any atom is 0.129 e. The Morgan fingerprint density at radius 1 is 1.55 bits per heavy atom. The van der Waals surface area contributed by atoms with Crippen LogP contribution >= 0.6 is 11.8 Å². The monoisotopic (exact) mass is 171 g/mol.